The van der Waals surface area contributed by atoms with Crippen LogP contribution in [0.5, 0.6) is 17.2 Å². The maximum atomic E-state index is 12.8. The SMILES string of the molecule is O=S(=O)(Cc1ccc(F)cc1)NCC#CCOc1ccc2c(c1)OCO2. The zero-order chi connectivity index (χ0) is 18.4. The van der Waals surface area contributed by atoms with Crippen LogP contribution in [0.3, 0.4) is 0 Å². The number of benzene rings is 2. The van der Waals surface area contributed by atoms with Crippen LogP contribution in [0.25, 0.3) is 0 Å². The maximum Gasteiger partial charge on any atom is 0.231 e. The Bertz CT molecular complexity index is 932. The molecule has 2 aromatic rings. The summed E-state index contributed by atoms with van der Waals surface area (Å²) in [4.78, 5) is 0. The highest BCUT2D eigenvalue weighted by atomic mass is 32.2. The molecule has 1 N–H and O–H groups in total. The van der Waals surface area contributed by atoms with Crippen molar-refractivity contribution in [2.75, 3.05) is 19.9 Å². The largest absolute Gasteiger partial charge is 0.481 e. The summed E-state index contributed by atoms with van der Waals surface area (Å²) in [6, 6.07) is 10.5. The third-order valence-electron chi connectivity index (χ3n) is 3.43. The summed E-state index contributed by atoms with van der Waals surface area (Å²) in [5.41, 5.74) is 0.498. The molecule has 0 amide bonds. The van der Waals surface area contributed by atoms with Crippen molar-refractivity contribution >= 4 is 10.0 Å². The van der Waals surface area contributed by atoms with E-state index < -0.39 is 15.8 Å². The summed E-state index contributed by atoms with van der Waals surface area (Å²) < 4.78 is 54.9. The molecule has 1 aliphatic rings. The van der Waals surface area contributed by atoms with Gasteiger partial charge in [-0.25, -0.2) is 17.5 Å². The van der Waals surface area contributed by atoms with Gasteiger partial charge in [0, 0.05) is 6.07 Å². The van der Waals surface area contributed by atoms with E-state index in [4.69, 9.17) is 14.2 Å². The Morgan fingerprint density at radius 2 is 1.85 bits per heavy atom. The molecule has 0 unspecified atom stereocenters. The van der Waals surface area contributed by atoms with E-state index in [2.05, 4.69) is 16.6 Å². The molecule has 0 radical (unpaired) electrons. The van der Waals surface area contributed by atoms with Gasteiger partial charge < -0.3 is 14.2 Å². The van der Waals surface area contributed by atoms with E-state index >= 15 is 0 Å². The van der Waals surface area contributed by atoms with Crippen LogP contribution in [-0.4, -0.2) is 28.4 Å². The first-order valence-electron chi connectivity index (χ1n) is 7.72. The van der Waals surface area contributed by atoms with Gasteiger partial charge >= 0.3 is 0 Å². The van der Waals surface area contributed by atoms with Crippen molar-refractivity contribution in [1.82, 2.24) is 4.72 Å². The predicted molar refractivity (Wildman–Crippen MR) is 92.9 cm³/mol. The minimum atomic E-state index is -3.54. The fraction of sp³-hybridized carbons (Fsp3) is 0.222. The van der Waals surface area contributed by atoms with E-state index in [0.717, 1.165) is 0 Å². The van der Waals surface area contributed by atoms with E-state index in [1.165, 1.54) is 24.3 Å². The van der Waals surface area contributed by atoms with Crippen molar-refractivity contribution in [2.24, 2.45) is 0 Å². The molecule has 0 bridgehead atoms. The van der Waals surface area contributed by atoms with Gasteiger partial charge in [-0.2, -0.15) is 0 Å². The average Bonchev–Trinajstić information content (AvgIpc) is 3.07. The lowest BCUT2D eigenvalue weighted by atomic mass is 10.2. The Morgan fingerprint density at radius 3 is 2.65 bits per heavy atom. The molecule has 0 saturated heterocycles. The number of fused-ring (bicyclic) bond motifs is 1. The van der Waals surface area contributed by atoms with Crippen molar-refractivity contribution in [3.05, 3.63) is 53.8 Å². The van der Waals surface area contributed by atoms with Gasteiger partial charge in [-0.3, -0.25) is 0 Å². The highest BCUT2D eigenvalue weighted by Gasteiger charge is 2.13. The normalized spacial score (nSPS) is 12.3. The molecule has 2 aromatic carbocycles. The number of hydrogen-bond acceptors (Lipinski definition) is 5. The van der Waals surface area contributed by atoms with Crippen molar-refractivity contribution in [2.45, 2.75) is 5.75 Å². The summed E-state index contributed by atoms with van der Waals surface area (Å²) >= 11 is 0. The number of nitrogens with one attached hydrogen (secondary N) is 1. The fourth-order valence-corrected chi connectivity index (χ4v) is 3.22. The highest BCUT2D eigenvalue weighted by Crippen LogP contribution is 2.34. The van der Waals surface area contributed by atoms with E-state index in [1.807, 2.05) is 0 Å². The molecule has 1 aliphatic heterocycles. The van der Waals surface area contributed by atoms with E-state index in [1.54, 1.807) is 18.2 Å². The second kappa shape index (κ2) is 8.08. The number of sulfonamides is 1. The van der Waals surface area contributed by atoms with Crippen molar-refractivity contribution in [3.8, 4) is 29.1 Å². The van der Waals surface area contributed by atoms with Crippen LogP contribution in [0.15, 0.2) is 42.5 Å². The van der Waals surface area contributed by atoms with Crippen molar-refractivity contribution in [1.29, 1.82) is 0 Å². The highest BCUT2D eigenvalue weighted by molar-refractivity contribution is 7.88. The third kappa shape index (κ3) is 5.12. The Morgan fingerprint density at radius 1 is 1.08 bits per heavy atom. The van der Waals surface area contributed by atoms with E-state index in [-0.39, 0.29) is 25.7 Å². The average molecular weight is 377 g/mol. The van der Waals surface area contributed by atoms with Crippen molar-refractivity contribution < 1.29 is 27.0 Å². The first-order chi connectivity index (χ1) is 12.5. The minimum absolute atomic E-state index is 0.0337. The van der Waals surface area contributed by atoms with Crippen LogP contribution in [0.4, 0.5) is 4.39 Å². The molecular weight excluding hydrogens is 361 g/mol. The van der Waals surface area contributed by atoms with Gasteiger partial charge in [0.15, 0.2) is 11.5 Å². The second-order valence-electron chi connectivity index (χ2n) is 5.36. The third-order valence-corrected chi connectivity index (χ3v) is 4.73. The molecule has 0 aliphatic carbocycles. The maximum absolute atomic E-state index is 12.8. The predicted octanol–water partition coefficient (Wildman–Crippen LogP) is 2.06. The summed E-state index contributed by atoms with van der Waals surface area (Å²) in [5.74, 6) is 6.62. The molecule has 136 valence electrons. The van der Waals surface area contributed by atoms with Crippen molar-refractivity contribution in [3.63, 3.8) is 0 Å². The molecule has 1 heterocycles. The van der Waals surface area contributed by atoms with Crippen LogP contribution in [-0.2, 0) is 15.8 Å². The quantitative estimate of drug-likeness (QED) is 0.780. The lowest BCUT2D eigenvalue weighted by Gasteiger charge is -2.04. The molecule has 3 rings (SSSR count). The van der Waals surface area contributed by atoms with Gasteiger partial charge in [-0.05, 0) is 29.8 Å². The first kappa shape index (κ1) is 18.0. The summed E-state index contributed by atoms with van der Waals surface area (Å²) in [7, 11) is -3.54. The summed E-state index contributed by atoms with van der Waals surface area (Å²) in [6.07, 6.45) is 0. The lowest BCUT2D eigenvalue weighted by Crippen LogP contribution is -2.25. The molecule has 26 heavy (non-hydrogen) atoms. The van der Waals surface area contributed by atoms with Gasteiger partial charge in [-0.1, -0.05) is 24.0 Å². The molecule has 0 spiro atoms. The second-order valence-corrected chi connectivity index (χ2v) is 7.17. The molecular formula is C18H16FNO5S. The first-order valence-corrected chi connectivity index (χ1v) is 9.37. The zero-order valence-corrected chi connectivity index (χ0v) is 14.5. The molecule has 0 aromatic heterocycles. The Labute approximate surface area is 150 Å². The van der Waals surface area contributed by atoms with Crippen LogP contribution in [0, 0.1) is 17.7 Å². The number of halogens is 1. The zero-order valence-electron chi connectivity index (χ0n) is 13.7. The van der Waals surface area contributed by atoms with Gasteiger partial charge in [0.25, 0.3) is 0 Å². The smallest absolute Gasteiger partial charge is 0.231 e. The molecule has 0 fully saturated rings. The summed E-state index contributed by atoms with van der Waals surface area (Å²) in [5, 5.41) is 0. The van der Waals surface area contributed by atoms with Crippen LogP contribution in [0.1, 0.15) is 5.56 Å². The van der Waals surface area contributed by atoms with Gasteiger partial charge in [0.2, 0.25) is 16.8 Å². The van der Waals surface area contributed by atoms with E-state index in [9.17, 15) is 12.8 Å². The fourth-order valence-electron chi connectivity index (χ4n) is 2.20. The minimum Gasteiger partial charge on any atom is -0.481 e. The van der Waals surface area contributed by atoms with Gasteiger partial charge in [0.1, 0.15) is 18.2 Å². The van der Waals surface area contributed by atoms with Crippen LogP contribution in [0.2, 0.25) is 0 Å². The standard InChI is InChI=1S/C18H16FNO5S/c19-15-5-3-14(4-6-15)12-26(21,22)20-9-1-2-10-23-16-7-8-17-18(11-16)25-13-24-17/h3-8,11,20H,9-10,12-13H2. The monoisotopic (exact) mass is 377 g/mol. The molecule has 6 nitrogen and oxygen atoms in total. The topological polar surface area (TPSA) is 73.9 Å². The Balaban J connectivity index is 1.42. The summed E-state index contributed by atoms with van der Waals surface area (Å²) in [6.45, 7) is 0.268. The van der Waals surface area contributed by atoms with Crippen LogP contribution < -0.4 is 18.9 Å². The van der Waals surface area contributed by atoms with E-state index in [0.29, 0.717) is 22.8 Å². The lowest BCUT2D eigenvalue weighted by molar-refractivity contribution is 0.174. The van der Waals surface area contributed by atoms with Gasteiger partial charge in [-0.15, -0.1) is 0 Å². The Kier molecular flexibility index (Phi) is 5.61. The Hall–Kier alpha value is -2.76. The molecule has 8 heteroatoms. The number of hydrogen-bond donors (Lipinski definition) is 1. The molecule has 0 saturated carbocycles. The van der Waals surface area contributed by atoms with Crippen LogP contribution >= 0.6 is 0 Å². The molecule has 0 atom stereocenters. The van der Waals surface area contributed by atoms with Gasteiger partial charge in [0.05, 0.1) is 12.3 Å². The number of rotatable bonds is 6. The number of ether oxygens (including phenoxy) is 3.